The van der Waals surface area contributed by atoms with Gasteiger partial charge in [-0.25, -0.2) is 4.98 Å². The maximum Gasteiger partial charge on any atom is 0.156 e. The lowest BCUT2D eigenvalue weighted by Gasteiger charge is -2.05. The lowest BCUT2D eigenvalue weighted by molar-refractivity contribution is 0.373. The van der Waals surface area contributed by atoms with Crippen LogP contribution in [0.1, 0.15) is 17.3 Å². The molecule has 1 aromatic carbocycles. The van der Waals surface area contributed by atoms with Gasteiger partial charge in [-0.05, 0) is 47.7 Å². The quantitative estimate of drug-likeness (QED) is 0.494. The number of halogens is 2. The Labute approximate surface area is 135 Å². The molecule has 6 heteroatoms. The third-order valence-electron chi connectivity index (χ3n) is 3.10. The topological polar surface area (TPSA) is 43.9 Å². The van der Waals surface area contributed by atoms with E-state index in [1.807, 2.05) is 13.0 Å². The van der Waals surface area contributed by atoms with Crippen LogP contribution < -0.4 is 0 Å². The zero-order valence-electron chi connectivity index (χ0n) is 10.9. The summed E-state index contributed by atoms with van der Waals surface area (Å²) in [5.41, 5.74) is 2.98. The van der Waals surface area contributed by atoms with E-state index in [0.29, 0.717) is 12.4 Å². The molecule has 0 bridgehead atoms. The second-order valence-electron chi connectivity index (χ2n) is 4.62. The molecule has 0 aliphatic carbocycles. The minimum absolute atomic E-state index is 0.551. The highest BCUT2D eigenvalue weighted by molar-refractivity contribution is 14.1. The van der Waals surface area contributed by atoms with Crippen LogP contribution >= 0.6 is 34.2 Å². The summed E-state index contributed by atoms with van der Waals surface area (Å²) in [5.74, 6) is 2.36. The standard InChI is InChI=1S/C14H13ClIN3O/c1-9-6-11(20-18-9)8-19-13-3-2-10(16)7-12(13)17-14(19)4-5-15/h2-3,6-7H,4-5,8H2,1H3. The van der Waals surface area contributed by atoms with Gasteiger partial charge in [-0.15, -0.1) is 11.6 Å². The predicted molar refractivity (Wildman–Crippen MR) is 87.2 cm³/mol. The highest BCUT2D eigenvalue weighted by Crippen LogP contribution is 2.21. The lowest BCUT2D eigenvalue weighted by atomic mass is 10.3. The molecule has 0 atom stereocenters. The van der Waals surface area contributed by atoms with E-state index < -0.39 is 0 Å². The first-order valence-corrected chi connectivity index (χ1v) is 7.91. The van der Waals surface area contributed by atoms with Crippen molar-refractivity contribution in [3.05, 3.63) is 45.1 Å². The van der Waals surface area contributed by atoms with Crippen molar-refractivity contribution in [3.63, 3.8) is 0 Å². The molecule has 0 saturated heterocycles. The molecule has 4 nitrogen and oxygen atoms in total. The summed E-state index contributed by atoms with van der Waals surface area (Å²) in [4.78, 5) is 4.68. The average molecular weight is 402 g/mol. The highest BCUT2D eigenvalue weighted by Gasteiger charge is 2.13. The maximum atomic E-state index is 5.88. The predicted octanol–water partition coefficient (Wildman–Crippen LogP) is 3.77. The molecule has 2 heterocycles. The van der Waals surface area contributed by atoms with Gasteiger partial charge in [0.15, 0.2) is 5.76 Å². The van der Waals surface area contributed by atoms with E-state index >= 15 is 0 Å². The summed E-state index contributed by atoms with van der Waals surface area (Å²) in [5, 5.41) is 3.93. The highest BCUT2D eigenvalue weighted by atomic mass is 127. The second kappa shape index (κ2) is 5.73. The van der Waals surface area contributed by atoms with Crippen molar-refractivity contribution in [2.75, 3.05) is 5.88 Å². The van der Waals surface area contributed by atoms with E-state index in [0.717, 1.165) is 34.7 Å². The molecule has 0 spiro atoms. The monoisotopic (exact) mass is 401 g/mol. The molecule has 104 valence electrons. The molecular formula is C14H13ClIN3O. The van der Waals surface area contributed by atoms with E-state index in [1.54, 1.807) is 0 Å². The van der Waals surface area contributed by atoms with Crippen molar-refractivity contribution >= 4 is 45.2 Å². The van der Waals surface area contributed by atoms with Gasteiger partial charge in [0.25, 0.3) is 0 Å². The van der Waals surface area contributed by atoms with Gasteiger partial charge in [-0.2, -0.15) is 0 Å². The molecule has 0 N–H and O–H groups in total. The molecule has 0 unspecified atom stereocenters. The van der Waals surface area contributed by atoms with Gasteiger partial charge in [0.2, 0.25) is 0 Å². The molecule has 0 amide bonds. The Balaban J connectivity index is 2.08. The number of hydrogen-bond acceptors (Lipinski definition) is 3. The number of imidazole rings is 1. The van der Waals surface area contributed by atoms with Crippen LogP contribution in [0.25, 0.3) is 11.0 Å². The normalized spacial score (nSPS) is 11.3. The van der Waals surface area contributed by atoms with Crippen molar-refractivity contribution in [1.82, 2.24) is 14.7 Å². The van der Waals surface area contributed by atoms with Gasteiger partial charge < -0.3 is 9.09 Å². The van der Waals surface area contributed by atoms with E-state index in [1.165, 1.54) is 3.57 Å². The minimum Gasteiger partial charge on any atom is -0.359 e. The van der Waals surface area contributed by atoms with E-state index in [2.05, 4.69) is 55.5 Å². The first-order valence-electron chi connectivity index (χ1n) is 6.30. The van der Waals surface area contributed by atoms with Crippen LogP contribution in [0.15, 0.2) is 28.8 Å². The third-order valence-corrected chi connectivity index (χ3v) is 3.96. The van der Waals surface area contributed by atoms with Gasteiger partial charge in [0.05, 0.1) is 23.3 Å². The van der Waals surface area contributed by atoms with Crippen LogP contribution in [-0.4, -0.2) is 20.6 Å². The number of hydrogen-bond donors (Lipinski definition) is 0. The summed E-state index contributed by atoms with van der Waals surface area (Å²) >= 11 is 8.18. The molecule has 3 rings (SSSR count). The zero-order valence-corrected chi connectivity index (χ0v) is 13.8. The van der Waals surface area contributed by atoms with Crippen molar-refractivity contribution < 1.29 is 4.52 Å². The largest absolute Gasteiger partial charge is 0.359 e. The van der Waals surface area contributed by atoms with Crippen LogP contribution in [0.2, 0.25) is 0 Å². The molecule has 0 aliphatic rings. The SMILES string of the molecule is Cc1cc(Cn2c(CCCl)nc3cc(I)ccc32)on1. The van der Waals surface area contributed by atoms with Gasteiger partial charge in [-0.1, -0.05) is 5.16 Å². The van der Waals surface area contributed by atoms with E-state index in [-0.39, 0.29) is 0 Å². The molecular weight excluding hydrogens is 389 g/mol. The molecule has 20 heavy (non-hydrogen) atoms. The molecule has 0 saturated carbocycles. The first-order chi connectivity index (χ1) is 9.67. The fourth-order valence-corrected chi connectivity index (χ4v) is 2.90. The van der Waals surface area contributed by atoms with Gasteiger partial charge in [0.1, 0.15) is 5.82 Å². The van der Waals surface area contributed by atoms with Crippen molar-refractivity contribution in [2.24, 2.45) is 0 Å². The molecule has 0 radical (unpaired) electrons. The van der Waals surface area contributed by atoms with Crippen LogP contribution in [0.5, 0.6) is 0 Å². The molecule has 0 aliphatic heterocycles. The van der Waals surface area contributed by atoms with Crippen LogP contribution in [0.4, 0.5) is 0 Å². The third kappa shape index (κ3) is 2.69. The number of aryl methyl sites for hydroxylation is 2. The Bertz CT molecular complexity index is 750. The summed E-state index contributed by atoms with van der Waals surface area (Å²) < 4.78 is 8.63. The fourth-order valence-electron chi connectivity index (χ4n) is 2.25. The fraction of sp³-hybridized carbons (Fsp3) is 0.286. The van der Waals surface area contributed by atoms with E-state index in [4.69, 9.17) is 16.1 Å². The van der Waals surface area contributed by atoms with Crippen molar-refractivity contribution in [2.45, 2.75) is 19.9 Å². The minimum atomic E-state index is 0.551. The Morgan fingerprint density at radius 1 is 1.35 bits per heavy atom. The van der Waals surface area contributed by atoms with Crippen LogP contribution in [-0.2, 0) is 13.0 Å². The van der Waals surface area contributed by atoms with Gasteiger partial charge in [0, 0.05) is 21.9 Å². The average Bonchev–Trinajstić information content (AvgIpc) is 2.95. The van der Waals surface area contributed by atoms with E-state index in [9.17, 15) is 0 Å². The summed E-state index contributed by atoms with van der Waals surface area (Å²) in [6, 6.07) is 8.20. The number of aromatic nitrogens is 3. The number of benzene rings is 1. The zero-order chi connectivity index (χ0) is 14.1. The van der Waals surface area contributed by atoms with Crippen LogP contribution in [0.3, 0.4) is 0 Å². The Morgan fingerprint density at radius 3 is 2.90 bits per heavy atom. The van der Waals surface area contributed by atoms with Crippen molar-refractivity contribution in [1.29, 1.82) is 0 Å². The Hall–Kier alpha value is -1.08. The van der Waals surface area contributed by atoms with Gasteiger partial charge in [-0.3, -0.25) is 0 Å². The van der Waals surface area contributed by atoms with Crippen molar-refractivity contribution in [3.8, 4) is 0 Å². The number of nitrogens with zero attached hydrogens (tertiary/aromatic N) is 3. The lowest BCUT2D eigenvalue weighted by Crippen LogP contribution is -2.05. The molecule has 2 aromatic heterocycles. The molecule has 3 aromatic rings. The summed E-state index contributed by atoms with van der Waals surface area (Å²) in [6.07, 6.45) is 0.736. The Morgan fingerprint density at radius 2 is 2.20 bits per heavy atom. The van der Waals surface area contributed by atoms with Crippen LogP contribution in [0, 0.1) is 10.5 Å². The summed E-state index contributed by atoms with van der Waals surface area (Å²) in [7, 11) is 0. The number of rotatable bonds is 4. The Kier molecular flexibility index (Phi) is 3.98. The maximum absolute atomic E-state index is 5.88. The molecule has 0 fully saturated rings. The number of fused-ring (bicyclic) bond motifs is 1. The summed E-state index contributed by atoms with van der Waals surface area (Å²) in [6.45, 7) is 2.55. The van der Waals surface area contributed by atoms with Gasteiger partial charge >= 0.3 is 0 Å². The first kappa shape index (κ1) is 13.9. The smallest absolute Gasteiger partial charge is 0.156 e. The number of alkyl halides is 1. The second-order valence-corrected chi connectivity index (χ2v) is 6.24.